The van der Waals surface area contributed by atoms with E-state index >= 15 is 0 Å². The summed E-state index contributed by atoms with van der Waals surface area (Å²) in [5, 5.41) is 0.693. The topological polar surface area (TPSA) is 93.3 Å². The number of hydrogen-bond donors (Lipinski definition) is 4. The molecule has 0 bridgehead atoms. The molecule has 0 aromatic rings. The van der Waals surface area contributed by atoms with E-state index in [2.05, 4.69) is 5.43 Å². The Labute approximate surface area is 94.5 Å². The van der Waals surface area contributed by atoms with Crippen molar-refractivity contribution in [2.24, 2.45) is 17.4 Å². The minimum Gasteiger partial charge on any atom is -0.346 e. The highest BCUT2D eigenvalue weighted by Crippen LogP contribution is 1.93. The highest BCUT2D eigenvalue weighted by molar-refractivity contribution is 7.80. The molecule has 14 heavy (non-hydrogen) atoms. The lowest BCUT2D eigenvalue weighted by Crippen LogP contribution is -2.60. The summed E-state index contributed by atoms with van der Waals surface area (Å²) >= 11 is 9.72. The molecule has 7 N–H and O–H groups in total. The predicted octanol–water partition coefficient (Wildman–Crippen LogP) is -1.77. The summed E-state index contributed by atoms with van der Waals surface area (Å²) in [5.41, 5.74) is 7.83. The molecule has 0 aliphatic rings. The summed E-state index contributed by atoms with van der Waals surface area (Å²) in [6, 6.07) is 0. The van der Waals surface area contributed by atoms with Crippen LogP contribution >= 0.6 is 24.4 Å². The second-order valence-corrected chi connectivity index (χ2v) is 4.01. The van der Waals surface area contributed by atoms with Crippen LogP contribution in [0.2, 0.25) is 0 Å². The molecule has 6 nitrogen and oxygen atoms in total. The number of hydrazine groups is 1. The van der Waals surface area contributed by atoms with Crippen LogP contribution in [-0.2, 0) is 0 Å². The van der Waals surface area contributed by atoms with E-state index in [1.165, 1.54) is 0 Å². The Hall–Kier alpha value is -0.540. The molecular formula is C6H17N6S2+. The molecule has 0 heterocycles. The van der Waals surface area contributed by atoms with Gasteiger partial charge in [0.25, 0.3) is 5.11 Å². The van der Waals surface area contributed by atoms with Gasteiger partial charge in [0.15, 0.2) is 5.11 Å². The Morgan fingerprint density at radius 1 is 1.50 bits per heavy atom. The van der Waals surface area contributed by atoms with Gasteiger partial charge in [-0.15, -0.1) is 0 Å². The summed E-state index contributed by atoms with van der Waals surface area (Å²) < 4.78 is -0.00709. The van der Waals surface area contributed by atoms with E-state index < -0.39 is 0 Å². The normalized spacial score (nSPS) is 14.3. The molecule has 0 spiro atoms. The highest BCUT2D eigenvalue weighted by atomic mass is 32.1. The van der Waals surface area contributed by atoms with Gasteiger partial charge in [-0.05, 0) is 12.2 Å². The lowest BCUT2D eigenvalue weighted by Gasteiger charge is -2.28. The fourth-order valence-corrected chi connectivity index (χ4v) is 0.862. The zero-order valence-electron chi connectivity index (χ0n) is 8.36. The first-order valence-corrected chi connectivity index (χ1v) is 4.78. The minimum absolute atomic E-state index is 0.00709. The van der Waals surface area contributed by atoms with E-state index in [0.717, 1.165) is 0 Å². The molecule has 0 saturated carbocycles. The zero-order valence-corrected chi connectivity index (χ0v) is 9.99. The second kappa shape index (κ2) is 5.37. The Bertz CT molecular complexity index is 228. The number of nitrogens with one attached hydrogen (secondary N) is 1. The van der Waals surface area contributed by atoms with Crippen LogP contribution in [0.1, 0.15) is 0 Å². The van der Waals surface area contributed by atoms with E-state index in [-0.39, 0.29) is 9.70 Å². The van der Waals surface area contributed by atoms with Crippen molar-refractivity contribution in [1.82, 2.24) is 10.3 Å². The summed E-state index contributed by atoms with van der Waals surface area (Å²) in [6.45, 7) is 1.18. The first-order valence-electron chi connectivity index (χ1n) is 3.97. The number of rotatable bonds is 3. The summed E-state index contributed by atoms with van der Waals surface area (Å²) in [6.07, 6.45) is 0. The van der Waals surface area contributed by atoms with Crippen LogP contribution < -0.4 is 22.8 Å². The van der Waals surface area contributed by atoms with Crippen molar-refractivity contribution in [1.29, 1.82) is 0 Å². The van der Waals surface area contributed by atoms with E-state index in [1.54, 1.807) is 11.9 Å². The lowest BCUT2D eigenvalue weighted by molar-refractivity contribution is -0.831. The van der Waals surface area contributed by atoms with Gasteiger partial charge in [-0.2, -0.15) is 10.4 Å². The average molecular weight is 237 g/mol. The maximum atomic E-state index is 5.80. The summed E-state index contributed by atoms with van der Waals surface area (Å²) in [4.78, 5) is 1.76. The van der Waals surface area contributed by atoms with Gasteiger partial charge in [0.2, 0.25) is 0 Å². The van der Waals surface area contributed by atoms with Crippen LogP contribution in [0.4, 0.5) is 0 Å². The number of likely N-dealkylation sites (N-methyl/N-ethyl adjacent to an activating group) is 2. The van der Waals surface area contributed by atoms with Crippen molar-refractivity contribution in [2.45, 2.75) is 0 Å². The van der Waals surface area contributed by atoms with Gasteiger partial charge in [0, 0.05) is 19.3 Å². The smallest absolute Gasteiger partial charge is 0.286 e. The van der Waals surface area contributed by atoms with Crippen molar-refractivity contribution < 1.29 is 4.59 Å². The molecule has 0 aliphatic heterocycles. The molecule has 0 rings (SSSR count). The molecule has 1 atom stereocenters. The van der Waals surface area contributed by atoms with Gasteiger partial charge in [0.1, 0.15) is 6.54 Å². The Kier molecular flexibility index (Phi) is 5.16. The summed E-state index contributed by atoms with van der Waals surface area (Å²) in [7, 11) is 3.54. The number of quaternary nitrogens is 1. The standard InChI is InChI=1S/C6H16N6S2/c1-11(6(14)10-8)3-4-12(2,9)5(7)13/h3-4,8-9H2,1-2H3,(H2-,7,10,13,14)/p+1. The predicted molar refractivity (Wildman–Crippen MR) is 64.6 cm³/mol. The highest BCUT2D eigenvalue weighted by Gasteiger charge is 2.21. The molecule has 0 aromatic carbocycles. The van der Waals surface area contributed by atoms with Crippen LogP contribution in [0.15, 0.2) is 0 Å². The van der Waals surface area contributed by atoms with Gasteiger partial charge in [-0.1, -0.05) is 0 Å². The number of nitrogens with two attached hydrogens (primary N) is 3. The maximum Gasteiger partial charge on any atom is 0.286 e. The molecule has 0 saturated heterocycles. The van der Waals surface area contributed by atoms with Gasteiger partial charge in [-0.3, -0.25) is 0 Å². The third kappa shape index (κ3) is 4.11. The quantitative estimate of drug-likeness (QED) is 0.200. The lowest BCUT2D eigenvalue weighted by atomic mass is 10.5. The van der Waals surface area contributed by atoms with Crippen molar-refractivity contribution in [3.05, 3.63) is 0 Å². The number of nitrogens with zero attached hydrogens (tertiary/aromatic N) is 2. The fourth-order valence-electron chi connectivity index (χ4n) is 0.680. The fraction of sp³-hybridized carbons (Fsp3) is 0.667. The number of hydrogen-bond acceptors (Lipinski definition) is 4. The molecule has 8 heteroatoms. The molecule has 0 radical (unpaired) electrons. The molecule has 0 fully saturated rings. The van der Waals surface area contributed by atoms with E-state index in [1.807, 2.05) is 7.05 Å². The SMILES string of the molecule is CN(CC[N+](C)(N)C(N)=S)C(=S)NN. The third-order valence-electron chi connectivity index (χ3n) is 1.87. The Balaban J connectivity index is 4.06. The van der Waals surface area contributed by atoms with Gasteiger partial charge < -0.3 is 16.1 Å². The van der Waals surface area contributed by atoms with Crippen LogP contribution in [0.25, 0.3) is 0 Å². The summed E-state index contributed by atoms with van der Waals surface area (Å²) in [5.74, 6) is 11.0. The largest absolute Gasteiger partial charge is 0.346 e. The van der Waals surface area contributed by atoms with Crippen LogP contribution in [0, 0.1) is 0 Å². The Morgan fingerprint density at radius 2 is 2.00 bits per heavy atom. The van der Waals surface area contributed by atoms with Gasteiger partial charge >= 0.3 is 0 Å². The van der Waals surface area contributed by atoms with E-state index in [9.17, 15) is 0 Å². The van der Waals surface area contributed by atoms with Crippen molar-refractivity contribution in [2.75, 3.05) is 27.2 Å². The Morgan fingerprint density at radius 3 is 2.36 bits per heavy atom. The van der Waals surface area contributed by atoms with Crippen LogP contribution in [-0.4, -0.2) is 46.9 Å². The first-order chi connectivity index (χ1) is 6.31. The maximum absolute atomic E-state index is 5.80. The van der Waals surface area contributed by atoms with Crippen molar-refractivity contribution in [3.63, 3.8) is 0 Å². The van der Waals surface area contributed by atoms with Crippen molar-refractivity contribution >= 4 is 34.7 Å². The van der Waals surface area contributed by atoms with Crippen LogP contribution in [0.5, 0.6) is 0 Å². The van der Waals surface area contributed by atoms with E-state index in [0.29, 0.717) is 18.2 Å². The molecule has 1 unspecified atom stereocenters. The monoisotopic (exact) mass is 237 g/mol. The van der Waals surface area contributed by atoms with Crippen LogP contribution in [0.3, 0.4) is 0 Å². The molecule has 82 valence electrons. The zero-order chi connectivity index (χ0) is 11.4. The molecule has 0 amide bonds. The third-order valence-corrected chi connectivity index (χ3v) is 2.72. The minimum atomic E-state index is -0.00709. The first kappa shape index (κ1) is 13.5. The van der Waals surface area contributed by atoms with Gasteiger partial charge in [0.05, 0.1) is 13.6 Å². The second-order valence-electron chi connectivity index (χ2n) is 3.20. The number of thiocarbonyl (C=S) groups is 2. The van der Waals surface area contributed by atoms with Gasteiger partial charge in [-0.25, -0.2) is 5.84 Å². The van der Waals surface area contributed by atoms with Crippen molar-refractivity contribution in [3.8, 4) is 0 Å². The average Bonchev–Trinajstić information content (AvgIpc) is 2.12. The molecule has 0 aromatic heterocycles. The molecule has 0 aliphatic carbocycles. The van der Waals surface area contributed by atoms with E-state index in [4.69, 9.17) is 41.9 Å². The molecular weight excluding hydrogens is 220 g/mol.